The molecule has 0 saturated heterocycles. The van der Waals surface area contributed by atoms with Gasteiger partial charge < -0.3 is 15.0 Å². The summed E-state index contributed by atoms with van der Waals surface area (Å²) in [5.74, 6) is -0.373. The molecule has 16 heavy (non-hydrogen) atoms. The Morgan fingerprint density at radius 1 is 1.44 bits per heavy atom. The van der Waals surface area contributed by atoms with Gasteiger partial charge in [-0.15, -0.1) is 0 Å². The third-order valence-corrected chi connectivity index (χ3v) is 2.24. The van der Waals surface area contributed by atoms with Crippen LogP contribution in [0.3, 0.4) is 0 Å². The van der Waals surface area contributed by atoms with E-state index in [0.717, 1.165) is 6.07 Å². The maximum absolute atomic E-state index is 13.5. The van der Waals surface area contributed by atoms with Crippen LogP contribution in [0.1, 0.15) is 0 Å². The van der Waals surface area contributed by atoms with Crippen LogP contribution in [-0.2, 0) is 0 Å². The Morgan fingerprint density at radius 2 is 2.19 bits per heavy atom. The van der Waals surface area contributed by atoms with Crippen molar-refractivity contribution in [3.05, 3.63) is 29.0 Å². The predicted molar refractivity (Wildman–Crippen MR) is 57.9 cm³/mol. The smallest absolute Gasteiger partial charge is 0.222 e. The number of aromatic nitrogens is 1. The number of methoxy groups -OCH3 is 1. The van der Waals surface area contributed by atoms with E-state index >= 15 is 0 Å². The molecule has 4 nitrogen and oxygen atoms in total. The van der Waals surface area contributed by atoms with Crippen molar-refractivity contribution in [2.75, 3.05) is 12.8 Å². The first-order chi connectivity index (χ1) is 7.61. The van der Waals surface area contributed by atoms with Gasteiger partial charge in [-0.3, -0.25) is 0 Å². The van der Waals surface area contributed by atoms with Crippen LogP contribution in [0.2, 0.25) is 5.02 Å². The second-order valence-electron chi connectivity index (χ2n) is 3.08. The van der Waals surface area contributed by atoms with Gasteiger partial charge in [-0.1, -0.05) is 16.8 Å². The summed E-state index contributed by atoms with van der Waals surface area (Å²) in [6.45, 7) is 0. The van der Waals surface area contributed by atoms with Crippen LogP contribution in [0.5, 0.6) is 5.75 Å². The molecule has 84 valence electrons. The van der Waals surface area contributed by atoms with E-state index in [2.05, 4.69) is 5.16 Å². The van der Waals surface area contributed by atoms with E-state index < -0.39 is 5.82 Å². The number of hydrogen-bond acceptors (Lipinski definition) is 4. The summed E-state index contributed by atoms with van der Waals surface area (Å²) in [5, 5.41) is 3.92. The van der Waals surface area contributed by atoms with Crippen molar-refractivity contribution in [2.24, 2.45) is 0 Å². The molecule has 0 fully saturated rings. The van der Waals surface area contributed by atoms with Crippen LogP contribution in [-0.4, -0.2) is 12.3 Å². The minimum atomic E-state index is -0.563. The van der Waals surface area contributed by atoms with Crippen molar-refractivity contribution >= 4 is 17.5 Å². The molecule has 2 N–H and O–H groups in total. The quantitative estimate of drug-likeness (QED) is 0.880. The molecule has 0 spiro atoms. The van der Waals surface area contributed by atoms with Gasteiger partial charge in [0.15, 0.2) is 11.6 Å². The first-order valence-corrected chi connectivity index (χ1v) is 4.75. The fourth-order valence-corrected chi connectivity index (χ4v) is 1.58. The number of nitrogens with two attached hydrogens (primary N) is 1. The Labute approximate surface area is 95.7 Å². The molecule has 1 heterocycles. The Kier molecular flexibility index (Phi) is 2.70. The lowest BCUT2D eigenvalue weighted by atomic mass is 10.1. The van der Waals surface area contributed by atoms with Crippen molar-refractivity contribution in [2.45, 2.75) is 0 Å². The summed E-state index contributed by atoms with van der Waals surface area (Å²) >= 11 is 5.75. The number of ether oxygens (including phenoxy) is 1. The zero-order valence-electron chi connectivity index (χ0n) is 8.33. The van der Waals surface area contributed by atoms with E-state index in [1.165, 1.54) is 19.2 Å². The van der Waals surface area contributed by atoms with Crippen LogP contribution in [0.4, 0.5) is 10.3 Å². The fourth-order valence-electron chi connectivity index (χ4n) is 1.37. The van der Waals surface area contributed by atoms with Gasteiger partial charge in [-0.25, -0.2) is 4.39 Å². The average molecular weight is 243 g/mol. The number of halogens is 2. The van der Waals surface area contributed by atoms with E-state index in [9.17, 15) is 4.39 Å². The molecule has 2 rings (SSSR count). The van der Waals surface area contributed by atoms with Crippen molar-refractivity contribution in [1.29, 1.82) is 0 Å². The lowest BCUT2D eigenvalue weighted by Gasteiger charge is -2.07. The molecule has 1 aromatic carbocycles. The predicted octanol–water partition coefficient (Wildman–Crippen LogP) is 2.72. The first kappa shape index (κ1) is 10.8. The Bertz CT molecular complexity index is 528. The Morgan fingerprint density at radius 3 is 2.75 bits per heavy atom. The van der Waals surface area contributed by atoms with E-state index in [1.807, 2.05) is 0 Å². The highest BCUT2D eigenvalue weighted by molar-refractivity contribution is 6.31. The summed E-state index contributed by atoms with van der Waals surface area (Å²) in [6.07, 6.45) is 0. The normalized spacial score (nSPS) is 10.4. The zero-order chi connectivity index (χ0) is 11.7. The van der Waals surface area contributed by atoms with E-state index in [1.54, 1.807) is 0 Å². The largest absolute Gasteiger partial charge is 0.493 e. The molecule has 0 amide bonds. The highest BCUT2D eigenvalue weighted by Crippen LogP contribution is 2.34. The maximum atomic E-state index is 13.5. The molecule has 0 bridgehead atoms. The van der Waals surface area contributed by atoms with Gasteiger partial charge in [-0.05, 0) is 12.1 Å². The standard InChI is InChI=1S/C10H8ClFN2O2/c1-15-10-6(2-5(11)3-7(10)12)8-4-9(13)16-14-8/h2-4H,13H2,1H3. The fraction of sp³-hybridized carbons (Fsp3) is 0.100. The van der Waals surface area contributed by atoms with Crippen LogP contribution < -0.4 is 10.5 Å². The van der Waals surface area contributed by atoms with Gasteiger partial charge in [-0.2, -0.15) is 0 Å². The molecule has 0 unspecified atom stereocenters. The molecule has 2 aromatic rings. The molecule has 0 aliphatic rings. The third-order valence-electron chi connectivity index (χ3n) is 2.02. The van der Waals surface area contributed by atoms with Gasteiger partial charge in [0.1, 0.15) is 5.69 Å². The Hall–Kier alpha value is -1.75. The van der Waals surface area contributed by atoms with E-state index in [4.69, 9.17) is 26.6 Å². The monoisotopic (exact) mass is 242 g/mol. The lowest BCUT2D eigenvalue weighted by molar-refractivity contribution is 0.387. The molecule has 0 radical (unpaired) electrons. The number of nitrogen functional groups attached to an aromatic ring is 1. The summed E-state index contributed by atoms with van der Waals surface area (Å²) in [5.41, 5.74) is 6.15. The highest BCUT2D eigenvalue weighted by atomic mass is 35.5. The SMILES string of the molecule is COc1c(F)cc(Cl)cc1-c1cc(N)on1. The maximum Gasteiger partial charge on any atom is 0.222 e. The summed E-state index contributed by atoms with van der Waals surface area (Å²) < 4.78 is 23.1. The molecular formula is C10H8ClFN2O2. The van der Waals surface area contributed by atoms with Crippen molar-refractivity contribution in [1.82, 2.24) is 5.16 Å². The summed E-state index contributed by atoms with van der Waals surface area (Å²) in [7, 11) is 1.36. The van der Waals surface area contributed by atoms with Crippen molar-refractivity contribution < 1.29 is 13.7 Å². The molecule has 0 aliphatic carbocycles. The molecule has 0 saturated carbocycles. The highest BCUT2D eigenvalue weighted by Gasteiger charge is 2.15. The number of nitrogens with zero attached hydrogens (tertiary/aromatic N) is 1. The Balaban J connectivity index is 2.63. The molecule has 0 atom stereocenters. The number of rotatable bonds is 2. The summed E-state index contributed by atoms with van der Waals surface area (Å²) in [4.78, 5) is 0. The minimum Gasteiger partial charge on any atom is -0.493 e. The van der Waals surface area contributed by atoms with Crippen LogP contribution in [0.15, 0.2) is 22.7 Å². The van der Waals surface area contributed by atoms with Crippen molar-refractivity contribution in [3.63, 3.8) is 0 Å². The van der Waals surface area contributed by atoms with Gasteiger partial charge in [0.25, 0.3) is 0 Å². The van der Waals surface area contributed by atoms with Gasteiger partial charge in [0.05, 0.1) is 12.7 Å². The first-order valence-electron chi connectivity index (χ1n) is 4.37. The van der Waals surface area contributed by atoms with Crippen LogP contribution >= 0.6 is 11.6 Å². The minimum absolute atomic E-state index is 0.0534. The topological polar surface area (TPSA) is 61.3 Å². The number of anilines is 1. The number of benzene rings is 1. The average Bonchev–Trinajstić information content (AvgIpc) is 2.63. The zero-order valence-corrected chi connectivity index (χ0v) is 9.08. The van der Waals surface area contributed by atoms with Gasteiger partial charge >= 0.3 is 0 Å². The molecule has 1 aromatic heterocycles. The van der Waals surface area contributed by atoms with E-state index in [0.29, 0.717) is 11.3 Å². The van der Waals surface area contributed by atoms with Crippen LogP contribution in [0, 0.1) is 5.82 Å². The molecule has 6 heteroatoms. The van der Waals surface area contributed by atoms with Gasteiger partial charge in [0, 0.05) is 11.1 Å². The van der Waals surface area contributed by atoms with Crippen molar-refractivity contribution in [3.8, 4) is 17.0 Å². The number of hydrogen-bond donors (Lipinski definition) is 1. The lowest BCUT2D eigenvalue weighted by Crippen LogP contribution is -1.92. The second kappa shape index (κ2) is 4.02. The summed E-state index contributed by atoms with van der Waals surface area (Å²) in [6, 6.07) is 4.15. The third kappa shape index (κ3) is 1.81. The second-order valence-corrected chi connectivity index (χ2v) is 3.52. The molecular weight excluding hydrogens is 235 g/mol. The molecule has 0 aliphatic heterocycles. The van der Waals surface area contributed by atoms with Crippen LogP contribution in [0.25, 0.3) is 11.3 Å². The van der Waals surface area contributed by atoms with E-state index in [-0.39, 0.29) is 16.7 Å². The van der Waals surface area contributed by atoms with Gasteiger partial charge in [0.2, 0.25) is 5.88 Å².